The molecule has 38 heteroatoms. The molecule has 0 saturated heterocycles. The number of nitro benzene ring substituents is 4. The molecule has 6 N–H and O–H groups in total. The van der Waals surface area contributed by atoms with Gasteiger partial charge in [0.2, 0.25) is 0 Å². The molecule has 120 heavy (non-hydrogen) atoms. The lowest BCUT2D eigenvalue weighted by Crippen LogP contribution is -2.18. The molecule has 0 spiro atoms. The van der Waals surface area contributed by atoms with Gasteiger partial charge in [0.05, 0.1) is 88.8 Å². The van der Waals surface area contributed by atoms with Crippen LogP contribution in [0, 0.1) is 68.2 Å². The van der Waals surface area contributed by atoms with Crippen molar-refractivity contribution >= 4 is 167 Å². The first-order valence-electron chi connectivity index (χ1n) is 34.8. The van der Waals surface area contributed by atoms with E-state index in [1.165, 1.54) is 109 Å². The molecule has 3 amide bonds. The van der Waals surface area contributed by atoms with Crippen molar-refractivity contribution in [2.24, 2.45) is 0 Å². The summed E-state index contributed by atoms with van der Waals surface area (Å²) in [6.45, 7) is 7.28. The summed E-state index contributed by atoms with van der Waals surface area (Å²) in [5, 5.41) is 53.6. The summed E-state index contributed by atoms with van der Waals surface area (Å²) >= 11 is 24.2. The topological polar surface area (TPSA) is 450 Å². The number of anilines is 6. The maximum atomic E-state index is 12.9. The number of hydrogen-bond acceptors (Lipinski definition) is 20. The van der Waals surface area contributed by atoms with Crippen LogP contribution in [0.25, 0.3) is 0 Å². The van der Waals surface area contributed by atoms with E-state index in [1.54, 1.807) is 141 Å². The van der Waals surface area contributed by atoms with Gasteiger partial charge in [0.1, 0.15) is 0 Å². The second-order valence-corrected chi connectivity index (χ2v) is 34.6. The van der Waals surface area contributed by atoms with Crippen LogP contribution in [0.3, 0.4) is 0 Å². The van der Waals surface area contributed by atoms with E-state index < -0.39 is 83.1 Å². The minimum absolute atomic E-state index is 0.0194. The number of nitro groups is 4. The molecule has 12 rings (SSSR count). The molecule has 616 valence electrons. The smallest absolute Gasteiger partial charge is 0.270 e. The molecule has 0 atom stereocenters. The number of amides is 3. The number of carbonyl (C=O) groups is 4. The molecule has 0 aliphatic rings. The number of nitrogens with one attached hydrogen (secondary N) is 6. The minimum Gasteiger partial charge on any atom is -0.322 e. The number of non-ortho nitro benzene ring substituents is 4. The number of ketones is 1. The van der Waals surface area contributed by atoms with Crippen LogP contribution in [-0.4, -0.2) is 76.9 Å². The van der Waals surface area contributed by atoms with E-state index in [-0.39, 0.29) is 93.9 Å². The predicted molar refractivity (Wildman–Crippen MR) is 458 cm³/mol. The van der Waals surface area contributed by atoms with E-state index in [4.69, 9.17) is 46.4 Å². The lowest BCUT2D eigenvalue weighted by atomic mass is 9.98. The van der Waals surface area contributed by atoms with Crippen molar-refractivity contribution in [3.63, 3.8) is 0 Å². The molecule has 0 heterocycles. The Labute approximate surface area is 706 Å². The molecule has 0 saturated carbocycles. The first-order chi connectivity index (χ1) is 56.7. The van der Waals surface area contributed by atoms with Gasteiger partial charge in [-0.1, -0.05) is 150 Å². The van der Waals surface area contributed by atoms with E-state index in [0.29, 0.717) is 48.3 Å². The number of hydrogen-bond donors (Lipinski definition) is 6. The highest BCUT2D eigenvalue weighted by molar-refractivity contribution is 7.93. The standard InChI is InChI=1S/C22H17Cl2NO5S.2C20H16ClN3O5S.C20H17N3O5S/c1-14-9-15(10-20(23)22(14)24)11-21(26)19-8-3-2-5-16(19)13-31(29,30)18-7-4-6-17(12-18)25(27)28;1-13-9-14(21)11-15(10-13)22-20(25)18-7-2-3-8-19(18)23-30(28,29)17-6-4-5-16(12-17)24(26)27;1-13-11-14(9-10-18(13)21)22-20(25)17-7-2-3-8-19(17)23-30(28,29)16-6-4-5-15(12-16)24(26)27;1-14-6-4-7-15(12-14)21-20(24)18-10-2-3-11-19(18)22-29(27,28)17-9-5-8-16(13-17)23(25)26/h2-10,12H,11,13H2,1H3;2*2-12,23H,1H3,(H,22,25);2-13,22H,1H3,(H,21,24). The molecule has 30 nitrogen and oxygen atoms in total. The lowest BCUT2D eigenvalue weighted by Gasteiger charge is -2.13. The third-order valence-electron chi connectivity index (χ3n) is 16.9. The summed E-state index contributed by atoms with van der Waals surface area (Å²) in [4.78, 5) is 91.1. The number of Topliss-reactive ketones (excluding diaryl/α,β-unsaturated/α-hetero) is 1. The Balaban J connectivity index is 0.000000182. The fraction of sp³-hybridized carbons (Fsp3) is 0.0732. The number of nitrogens with zero attached hydrogens (tertiary/aromatic N) is 4. The van der Waals surface area contributed by atoms with Crippen LogP contribution in [0.15, 0.2) is 287 Å². The highest BCUT2D eigenvalue weighted by Crippen LogP contribution is 2.33. The van der Waals surface area contributed by atoms with Crippen LogP contribution in [0.2, 0.25) is 20.1 Å². The van der Waals surface area contributed by atoms with Crippen LogP contribution in [0.5, 0.6) is 0 Å². The molecule has 0 aliphatic heterocycles. The Bertz CT molecular complexity index is 6490. The molecule has 0 radical (unpaired) electrons. The SMILES string of the molecule is Cc1cc(CC(=O)c2ccccc2CS(=O)(=O)c2cccc([N+](=O)[O-])c2)cc(Cl)c1Cl.Cc1cc(Cl)cc(NC(=O)c2ccccc2NS(=O)(=O)c2cccc([N+](=O)[O-])c2)c1.Cc1cc(NC(=O)c2ccccc2NS(=O)(=O)c2cccc([N+](=O)[O-])c2)ccc1Cl.Cc1cccc(NC(=O)c2ccccc2NS(=O)(=O)c2cccc([N+](=O)[O-])c2)c1. The van der Waals surface area contributed by atoms with E-state index in [1.807, 2.05) is 19.9 Å². The second kappa shape index (κ2) is 39.8. The number of halogens is 4. The van der Waals surface area contributed by atoms with Crippen molar-refractivity contribution in [3.8, 4) is 0 Å². The molecule has 0 fully saturated rings. The van der Waals surface area contributed by atoms with Crippen LogP contribution in [0.1, 0.15) is 74.8 Å². The van der Waals surface area contributed by atoms with Gasteiger partial charge in [0, 0.05) is 87.6 Å². The summed E-state index contributed by atoms with van der Waals surface area (Å²) < 4.78 is 109. The molecular weight excluding hydrogens is 1720 g/mol. The van der Waals surface area contributed by atoms with Crippen molar-refractivity contribution < 1.29 is 72.5 Å². The van der Waals surface area contributed by atoms with Crippen LogP contribution < -0.4 is 30.1 Å². The molecule has 0 bridgehead atoms. The van der Waals surface area contributed by atoms with Crippen LogP contribution in [0.4, 0.5) is 56.9 Å². The third kappa shape index (κ3) is 24.6. The second-order valence-electron chi connectivity index (χ2n) is 25.9. The summed E-state index contributed by atoms with van der Waals surface area (Å²) in [6, 6.07) is 63.9. The van der Waals surface area contributed by atoms with Gasteiger partial charge in [-0.3, -0.25) is 73.8 Å². The Hall–Kier alpha value is -13.3. The molecule has 0 unspecified atom stereocenters. The van der Waals surface area contributed by atoms with Gasteiger partial charge in [0.15, 0.2) is 15.6 Å². The maximum absolute atomic E-state index is 12.9. The largest absolute Gasteiger partial charge is 0.322 e. The summed E-state index contributed by atoms with van der Waals surface area (Å²) in [6.07, 6.45) is 0.0194. The number of benzene rings is 12. The quantitative estimate of drug-likeness (QED) is 0.0176. The zero-order valence-corrected chi connectivity index (χ0v) is 69.2. The predicted octanol–water partition coefficient (Wildman–Crippen LogP) is 18.8. The minimum atomic E-state index is -4.17. The van der Waals surface area contributed by atoms with E-state index in [2.05, 4.69) is 30.1 Å². The molecular formula is C82H66Cl4N10O20S4. The normalized spacial score (nSPS) is 11.1. The van der Waals surface area contributed by atoms with E-state index in [0.717, 1.165) is 46.5 Å². The maximum Gasteiger partial charge on any atom is 0.270 e. The van der Waals surface area contributed by atoms with Gasteiger partial charge >= 0.3 is 0 Å². The molecule has 12 aromatic rings. The number of sulfonamides is 3. The summed E-state index contributed by atoms with van der Waals surface area (Å²) in [5.41, 5.74) is 5.09. The average molecular weight is 1780 g/mol. The van der Waals surface area contributed by atoms with Gasteiger partial charge in [-0.05, 0) is 176 Å². The Kier molecular flexibility index (Phi) is 30.0. The number of aryl methyl sites for hydroxylation is 4. The first kappa shape index (κ1) is 90.6. The third-order valence-corrected chi connectivity index (χ3v) is 24.2. The van der Waals surface area contributed by atoms with Crippen molar-refractivity contribution in [1.29, 1.82) is 0 Å². The van der Waals surface area contributed by atoms with Crippen molar-refractivity contribution in [2.75, 3.05) is 30.1 Å². The fourth-order valence-corrected chi connectivity index (χ4v) is 16.8. The van der Waals surface area contributed by atoms with Gasteiger partial charge in [-0.25, -0.2) is 33.7 Å². The van der Waals surface area contributed by atoms with Gasteiger partial charge in [-0.15, -0.1) is 0 Å². The van der Waals surface area contributed by atoms with Crippen molar-refractivity contribution in [3.05, 3.63) is 383 Å². The van der Waals surface area contributed by atoms with Crippen LogP contribution in [-0.2, 0) is 52.1 Å². The highest BCUT2D eigenvalue weighted by Gasteiger charge is 2.27. The zero-order chi connectivity index (χ0) is 87.6. The fourth-order valence-electron chi connectivity index (χ4n) is 11.2. The number of para-hydroxylation sites is 3. The van der Waals surface area contributed by atoms with Gasteiger partial charge in [0.25, 0.3) is 70.5 Å². The van der Waals surface area contributed by atoms with Crippen molar-refractivity contribution in [1.82, 2.24) is 0 Å². The van der Waals surface area contributed by atoms with Gasteiger partial charge in [-0.2, -0.15) is 0 Å². The van der Waals surface area contributed by atoms with Crippen molar-refractivity contribution in [2.45, 2.75) is 59.5 Å². The Morgan fingerprint density at radius 2 is 0.717 bits per heavy atom. The first-order valence-corrected chi connectivity index (χ1v) is 42.4. The molecule has 0 aromatic heterocycles. The summed E-state index contributed by atoms with van der Waals surface area (Å²) in [7, 11) is -16.4. The Morgan fingerprint density at radius 1 is 0.342 bits per heavy atom. The summed E-state index contributed by atoms with van der Waals surface area (Å²) in [5.74, 6) is -2.31. The zero-order valence-electron chi connectivity index (χ0n) is 62.9. The number of rotatable bonds is 25. The monoisotopic (exact) mass is 1780 g/mol. The number of sulfone groups is 1. The van der Waals surface area contributed by atoms with Crippen LogP contribution >= 0.6 is 46.4 Å². The number of carbonyl (C=O) groups excluding carboxylic acids is 4. The van der Waals surface area contributed by atoms with Gasteiger partial charge < -0.3 is 16.0 Å². The molecule has 0 aliphatic carbocycles. The van der Waals surface area contributed by atoms with E-state index in [9.17, 15) is 93.3 Å². The lowest BCUT2D eigenvalue weighted by molar-refractivity contribution is -0.385. The highest BCUT2D eigenvalue weighted by atomic mass is 35.5. The molecule has 12 aromatic carbocycles. The van der Waals surface area contributed by atoms with E-state index >= 15 is 0 Å². The average Bonchev–Trinajstić information content (AvgIpc) is 0.815. The Morgan fingerprint density at radius 3 is 1.12 bits per heavy atom.